The Kier molecular flexibility index (Phi) is 6.51. The van der Waals surface area contributed by atoms with Gasteiger partial charge in [0.25, 0.3) is 5.56 Å². The Morgan fingerprint density at radius 3 is 2.89 bits per heavy atom. The Bertz CT molecular complexity index is 504. The predicted molar refractivity (Wildman–Crippen MR) is 78.5 cm³/mol. The van der Waals surface area contributed by atoms with Crippen LogP contribution in [0.15, 0.2) is 15.6 Å². The molecule has 7 heteroatoms. The molecule has 1 rings (SSSR count). The second-order valence-electron chi connectivity index (χ2n) is 4.24. The van der Waals surface area contributed by atoms with Crippen molar-refractivity contribution in [3.63, 3.8) is 0 Å². The first kappa shape index (κ1) is 16.2. The molecule has 0 aliphatic heterocycles. The Morgan fingerprint density at radius 2 is 2.26 bits per heavy atom. The molecular weight excluding hydrogens is 334 g/mol. The monoisotopic (exact) mass is 349 g/mol. The lowest BCUT2D eigenvalue weighted by atomic mass is 10.2. The molecule has 0 bridgehead atoms. The van der Waals surface area contributed by atoms with Gasteiger partial charge in [-0.3, -0.25) is 14.2 Å². The molecule has 1 aromatic rings. The second kappa shape index (κ2) is 7.65. The highest BCUT2D eigenvalue weighted by molar-refractivity contribution is 9.10. The summed E-state index contributed by atoms with van der Waals surface area (Å²) in [5.74, 6) is -0.200. The fraction of sp³-hybridized carbons (Fsp3) is 0.583. The number of halogens is 2. The van der Waals surface area contributed by atoms with E-state index in [2.05, 4.69) is 33.2 Å². The lowest BCUT2D eigenvalue weighted by Gasteiger charge is -2.15. The van der Waals surface area contributed by atoms with E-state index >= 15 is 0 Å². The smallest absolute Gasteiger partial charge is 0.269 e. The van der Waals surface area contributed by atoms with Crippen LogP contribution in [0.3, 0.4) is 0 Å². The number of hydrogen-bond donors (Lipinski definition) is 1. The van der Waals surface area contributed by atoms with E-state index in [1.165, 1.54) is 10.9 Å². The van der Waals surface area contributed by atoms with Crippen molar-refractivity contribution in [3.05, 3.63) is 26.3 Å². The van der Waals surface area contributed by atoms with Gasteiger partial charge in [-0.15, -0.1) is 0 Å². The van der Waals surface area contributed by atoms with Crippen molar-refractivity contribution in [2.45, 2.75) is 39.2 Å². The van der Waals surface area contributed by atoms with Crippen LogP contribution in [0.25, 0.3) is 0 Å². The average Bonchev–Trinajstić information content (AvgIpc) is 2.40. The van der Waals surface area contributed by atoms with Crippen molar-refractivity contribution in [1.82, 2.24) is 14.9 Å². The zero-order chi connectivity index (χ0) is 14.4. The van der Waals surface area contributed by atoms with Gasteiger partial charge in [0, 0.05) is 6.54 Å². The molecule has 0 fully saturated rings. The van der Waals surface area contributed by atoms with Crippen molar-refractivity contribution in [3.8, 4) is 0 Å². The molecular formula is C12H17BrClN3O2. The molecule has 106 valence electrons. The first-order valence-corrected chi connectivity index (χ1v) is 7.36. The SMILES string of the molecule is CCCCCNC(=O)C(C)n1cnc(Cl)c(Br)c1=O. The van der Waals surface area contributed by atoms with Crippen molar-refractivity contribution in [2.24, 2.45) is 0 Å². The molecule has 1 heterocycles. The maximum Gasteiger partial charge on any atom is 0.269 e. The summed E-state index contributed by atoms with van der Waals surface area (Å²) < 4.78 is 1.42. The predicted octanol–water partition coefficient (Wildman–Crippen LogP) is 2.53. The van der Waals surface area contributed by atoms with Crippen LogP contribution in [0.4, 0.5) is 0 Å². The number of carbonyl (C=O) groups excluding carboxylic acids is 1. The standard InChI is InChI=1S/C12H17BrClN3O2/c1-3-4-5-6-15-11(18)8(2)17-7-16-10(14)9(13)12(17)19/h7-8H,3-6H2,1-2H3,(H,15,18). The molecule has 1 N–H and O–H groups in total. The van der Waals surface area contributed by atoms with Crippen molar-refractivity contribution in [1.29, 1.82) is 0 Å². The highest BCUT2D eigenvalue weighted by Crippen LogP contribution is 2.15. The third-order valence-corrected chi connectivity index (χ3v) is 4.00. The van der Waals surface area contributed by atoms with E-state index in [9.17, 15) is 9.59 Å². The van der Waals surface area contributed by atoms with Crippen LogP contribution < -0.4 is 10.9 Å². The van der Waals surface area contributed by atoms with E-state index in [0.29, 0.717) is 6.54 Å². The number of nitrogens with one attached hydrogen (secondary N) is 1. The summed E-state index contributed by atoms with van der Waals surface area (Å²) in [5.41, 5.74) is -0.365. The van der Waals surface area contributed by atoms with Gasteiger partial charge in [0.1, 0.15) is 10.5 Å². The van der Waals surface area contributed by atoms with E-state index in [1.54, 1.807) is 6.92 Å². The number of unbranched alkanes of at least 4 members (excludes halogenated alkanes) is 2. The Labute approximate surface area is 125 Å². The van der Waals surface area contributed by atoms with Gasteiger partial charge in [0.05, 0.1) is 6.33 Å². The summed E-state index contributed by atoms with van der Waals surface area (Å²) in [5, 5.41) is 2.90. The quantitative estimate of drug-likeness (QED) is 0.633. The molecule has 0 saturated carbocycles. The van der Waals surface area contributed by atoms with Crippen LogP contribution in [0.1, 0.15) is 39.2 Å². The third-order valence-electron chi connectivity index (χ3n) is 2.78. The minimum atomic E-state index is -0.616. The minimum absolute atomic E-state index is 0.0943. The van der Waals surface area contributed by atoms with Gasteiger partial charge in [-0.2, -0.15) is 0 Å². The van der Waals surface area contributed by atoms with E-state index < -0.39 is 6.04 Å². The molecule has 19 heavy (non-hydrogen) atoms. The normalized spacial score (nSPS) is 12.2. The topological polar surface area (TPSA) is 64.0 Å². The van der Waals surface area contributed by atoms with Gasteiger partial charge in [-0.05, 0) is 29.3 Å². The Hall–Kier alpha value is -0.880. The second-order valence-corrected chi connectivity index (χ2v) is 5.39. The number of nitrogens with zero attached hydrogens (tertiary/aromatic N) is 2. The van der Waals surface area contributed by atoms with E-state index in [1.807, 2.05) is 0 Å². The summed E-state index contributed by atoms with van der Waals surface area (Å²) in [4.78, 5) is 27.7. The number of aromatic nitrogens is 2. The van der Waals surface area contributed by atoms with Gasteiger partial charge >= 0.3 is 0 Å². The van der Waals surface area contributed by atoms with E-state index in [-0.39, 0.29) is 21.1 Å². The molecule has 5 nitrogen and oxygen atoms in total. The fourth-order valence-electron chi connectivity index (χ4n) is 1.56. The minimum Gasteiger partial charge on any atom is -0.354 e. The van der Waals surface area contributed by atoms with Gasteiger partial charge in [-0.1, -0.05) is 31.4 Å². The highest BCUT2D eigenvalue weighted by atomic mass is 79.9. The fourth-order valence-corrected chi connectivity index (χ4v) is 1.99. The number of rotatable bonds is 6. The van der Waals surface area contributed by atoms with E-state index in [0.717, 1.165) is 19.3 Å². The lowest BCUT2D eigenvalue weighted by Crippen LogP contribution is -2.36. The highest BCUT2D eigenvalue weighted by Gasteiger charge is 2.18. The van der Waals surface area contributed by atoms with Gasteiger partial charge in [-0.25, -0.2) is 4.98 Å². The molecule has 0 saturated heterocycles. The van der Waals surface area contributed by atoms with Crippen LogP contribution >= 0.6 is 27.5 Å². The molecule has 1 amide bonds. The molecule has 0 aliphatic carbocycles. The first-order chi connectivity index (χ1) is 8.99. The zero-order valence-electron chi connectivity index (χ0n) is 10.9. The average molecular weight is 351 g/mol. The largest absolute Gasteiger partial charge is 0.354 e. The van der Waals surface area contributed by atoms with E-state index in [4.69, 9.17) is 11.6 Å². The summed E-state index contributed by atoms with van der Waals surface area (Å²) in [6.07, 6.45) is 4.39. The number of hydrogen-bond acceptors (Lipinski definition) is 3. The molecule has 0 radical (unpaired) electrons. The third kappa shape index (κ3) is 4.31. The van der Waals surface area contributed by atoms with Gasteiger partial charge < -0.3 is 5.32 Å². The molecule has 0 spiro atoms. The zero-order valence-corrected chi connectivity index (χ0v) is 13.3. The Morgan fingerprint density at radius 1 is 1.58 bits per heavy atom. The summed E-state index contributed by atoms with van der Waals surface area (Å²) in [7, 11) is 0. The van der Waals surface area contributed by atoms with Crippen LogP contribution in [-0.2, 0) is 4.79 Å². The Balaban J connectivity index is 2.72. The molecule has 0 aromatic carbocycles. The number of amides is 1. The van der Waals surface area contributed by atoms with Gasteiger partial charge in [0.15, 0.2) is 5.15 Å². The van der Waals surface area contributed by atoms with Crippen molar-refractivity contribution < 1.29 is 4.79 Å². The summed E-state index contributed by atoms with van der Waals surface area (Å²) in [6.45, 7) is 4.37. The summed E-state index contributed by atoms with van der Waals surface area (Å²) >= 11 is 8.78. The van der Waals surface area contributed by atoms with Crippen LogP contribution in [0.5, 0.6) is 0 Å². The molecule has 1 atom stereocenters. The van der Waals surface area contributed by atoms with Crippen LogP contribution in [-0.4, -0.2) is 22.0 Å². The molecule has 1 aromatic heterocycles. The van der Waals surface area contributed by atoms with Crippen molar-refractivity contribution >= 4 is 33.4 Å². The van der Waals surface area contributed by atoms with Crippen LogP contribution in [0.2, 0.25) is 5.15 Å². The number of carbonyl (C=O) groups is 1. The van der Waals surface area contributed by atoms with Crippen LogP contribution in [0, 0.1) is 0 Å². The molecule has 0 aliphatic rings. The first-order valence-electron chi connectivity index (χ1n) is 6.18. The molecule has 1 unspecified atom stereocenters. The van der Waals surface area contributed by atoms with Gasteiger partial charge in [0.2, 0.25) is 5.91 Å². The maximum absolute atomic E-state index is 11.9. The summed E-state index contributed by atoms with van der Waals surface area (Å²) in [6, 6.07) is -0.616. The maximum atomic E-state index is 11.9. The van der Waals surface area contributed by atoms with Crippen molar-refractivity contribution in [2.75, 3.05) is 6.54 Å². The lowest BCUT2D eigenvalue weighted by molar-refractivity contribution is -0.123.